The number of rotatable bonds is 4. The van der Waals surface area contributed by atoms with E-state index in [1.54, 1.807) is 0 Å². The molecule has 12 heavy (non-hydrogen) atoms. The van der Waals surface area contributed by atoms with Crippen molar-refractivity contribution in [3.63, 3.8) is 0 Å². The molecule has 0 aromatic carbocycles. The van der Waals surface area contributed by atoms with E-state index in [-0.39, 0.29) is 23.7 Å². The van der Waals surface area contributed by atoms with Crippen LogP contribution in [0.25, 0.3) is 0 Å². The summed E-state index contributed by atoms with van der Waals surface area (Å²) in [5, 5.41) is 0.282. The lowest BCUT2D eigenvalue weighted by molar-refractivity contribution is -0.870. The van der Waals surface area contributed by atoms with Crippen LogP contribution in [-0.4, -0.2) is 50.1 Å². The van der Waals surface area contributed by atoms with Crippen LogP contribution in [-0.2, 0) is 9.53 Å². The quantitative estimate of drug-likeness (QED) is 0.321. The second-order valence-corrected chi connectivity index (χ2v) is 3.93. The van der Waals surface area contributed by atoms with E-state index in [1.165, 1.54) is 0 Å². The molecule has 0 bridgehead atoms. The zero-order chi connectivity index (χ0) is 8.91. The van der Waals surface area contributed by atoms with Gasteiger partial charge in [-0.25, -0.2) is 0 Å². The second kappa shape index (κ2) is 6.69. The van der Waals surface area contributed by atoms with Crippen molar-refractivity contribution in [1.82, 2.24) is 0 Å². The van der Waals surface area contributed by atoms with Crippen LogP contribution in [0.2, 0.25) is 0 Å². The van der Waals surface area contributed by atoms with Crippen LogP contribution in [0.1, 0.15) is 0 Å². The van der Waals surface area contributed by atoms with Gasteiger partial charge in [-0.3, -0.25) is 4.79 Å². The van der Waals surface area contributed by atoms with Gasteiger partial charge in [0.15, 0.2) is 0 Å². The molecule has 3 nitrogen and oxygen atoms in total. The Morgan fingerprint density at radius 1 is 1.42 bits per heavy atom. The molecule has 0 saturated carbocycles. The predicted octanol–water partition coefficient (Wildman–Crippen LogP) is -2.37. The predicted molar refractivity (Wildman–Crippen MR) is 47.7 cm³/mol. The summed E-state index contributed by atoms with van der Waals surface area (Å²) < 4.78 is 5.68. The van der Waals surface area contributed by atoms with Crippen molar-refractivity contribution >= 4 is 21.9 Å². The number of nitrogens with zero attached hydrogens (tertiary/aromatic N) is 1. The number of hydrogen-bond acceptors (Lipinski definition) is 2. The first-order chi connectivity index (χ1) is 4.95. The minimum Gasteiger partial charge on any atom is -1.00 e. The van der Waals surface area contributed by atoms with Crippen LogP contribution in [0, 0.1) is 0 Å². The van der Waals surface area contributed by atoms with Crippen molar-refractivity contribution in [2.75, 3.05) is 39.6 Å². The van der Waals surface area contributed by atoms with E-state index >= 15 is 0 Å². The Hall–Kier alpha value is 0.200. The smallest absolute Gasteiger partial charge is 0.316 e. The van der Waals surface area contributed by atoms with E-state index in [0.29, 0.717) is 6.61 Å². The molecule has 0 atom stereocenters. The van der Waals surface area contributed by atoms with Crippen LogP contribution in [0.4, 0.5) is 0 Å². The highest BCUT2D eigenvalue weighted by Gasteiger charge is 2.07. The molecule has 0 aliphatic rings. The Bertz CT molecular complexity index is 136. The molecule has 0 rings (SSSR count). The lowest BCUT2D eigenvalue weighted by Crippen LogP contribution is -3.00. The number of hydrogen-bond donors (Lipinski definition) is 0. The summed E-state index contributed by atoms with van der Waals surface area (Å²) in [4.78, 5) is 10.6. The van der Waals surface area contributed by atoms with E-state index in [2.05, 4.69) is 37.1 Å². The van der Waals surface area contributed by atoms with Gasteiger partial charge in [-0.2, -0.15) is 0 Å². The van der Waals surface area contributed by atoms with Gasteiger partial charge in [-0.1, -0.05) is 15.9 Å². The Labute approximate surface area is 88.2 Å². The van der Waals surface area contributed by atoms with Crippen LogP contribution in [0.15, 0.2) is 0 Å². The largest absolute Gasteiger partial charge is 1.00 e. The van der Waals surface area contributed by atoms with E-state index in [0.717, 1.165) is 11.0 Å². The first kappa shape index (κ1) is 14.7. The summed E-state index contributed by atoms with van der Waals surface area (Å²) in [5.41, 5.74) is 0. The third-order valence-electron chi connectivity index (χ3n) is 1.13. The summed E-state index contributed by atoms with van der Waals surface area (Å²) in [6, 6.07) is 0. The minimum atomic E-state index is -0.196. The average molecular weight is 261 g/mol. The van der Waals surface area contributed by atoms with Crippen molar-refractivity contribution in [1.29, 1.82) is 0 Å². The molecule has 0 aliphatic heterocycles. The SMILES string of the molecule is C[N+](C)(C)CCOC(=O)CBr.[Cl-]. The van der Waals surface area contributed by atoms with E-state index in [1.807, 2.05) is 0 Å². The maximum atomic E-state index is 10.6. The standard InChI is InChI=1S/C7H15BrNO2.ClH/c1-9(2,3)4-5-11-7(10)6-8;/h4-6H2,1-3H3;1H/q+1;/p-1. The first-order valence-corrected chi connectivity index (χ1v) is 4.60. The fraction of sp³-hybridized carbons (Fsp3) is 0.857. The lowest BCUT2D eigenvalue weighted by atomic mass is 10.5. The molecule has 0 unspecified atom stereocenters. The Morgan fingerprint density at radius 2 is 1.92 bits per heavy atom. The number of halogens is 2. The summed E-state index contributed by atoms with van der Waals surface area (Å²) in [5.74, 6) is -0.196. The number of carbonyl (C=O) groups is 1. The summed E-state index contributed by atoms with van der Waals surface area (Å²) in [7, 11) is 6.17. The molecule has 0 heterocycles. The third-order valence-corrected chi connectivity index (χ3v) is 1.59. The van der Waals surface area contributed by atoms with Gasteiger partial charge in [0, 0.05) is 0 Å². The minimum absolute atomic E-state index is 0. The number of esters is 1. The Kier molecular flexibility index (Phi) is 8.20. The highest BCUT2D eigenvalue weighted by atomic mass is 79.9. The molecule has 0 aromatic heterocycles. The van der Waals surface area contributed by atoms with Gasteiger partial charge in [-0.05, 0) is 0 Å². The molecular weight excluding hydrogens is 245 g/mol. The van der Waals surface area contributed by atoms with Gasteiger partial charge in [-0.15, -0.1) is 0 Å². The molecule has 0 N–H and O–H groups in total. The van der Waals surface area contributed by atoms with Crippen LogP contribution >= 0.6 is 15.9 Å². The second-order valence-electron chi connectivity index (χ2n) is 3.37. The molecule has 0 aromatic rings. The highest BCUT2D eigenvalue weighted by molar-refractivity contribution is 9.09. The van der Waals surface area contributed by atoms with Gasteiger partial charge >= 0.3 is 5.97 Å². The molecular formula is C7H15BrClNO2. The lowest BCUT2D eigenvalue weighted by Gasteiger charge is -2.23. The number of quaternary nitrogens is 1. The van der Waals surface area contributed by atoms with E-state index in [9.17, 15) is 4.79 Å². The van der Waals surface area contributed by atoms with Crippen molar-refractivity contribution < 1.29 is 26.4 Å². The van der Waals surface area contributed by atoms with Gasteiger partial charge in [0.25, 0.3) is 0 Å². The zero-order valence-corrected chi connectivity index (χ0v) is 9.98. The van der Waals surface area contributed by atoms with Gasteiger partial charge < -0.3 is 21.6 Å². The molecule has 0 spiro atoms. The Balaban J connectivity index is 0. The van der Waals surface area contributed by atoms with Crippen molar-refractivity contribution in [3.8, 4) is 0 Å². The van der Waals surface area contributed by atoms with E-state index in [4.69, 9.17) is 4.74 Å². The number of carbonyl (C=O) groups excluding carboxylic acids is 1. The van der Waals surface area contributed by atoms with Crippen LogP contribution < -0.4 is 12.4 Å². The fourth-order valence-corrected chi connectivity index (χ4v) is 0.634. The maximum absolute atomic E-state index is 10.6. The molecule has 0 radical (unpaired) electrons. The topological polar surface area (TPSA) is 26.3 Å². The average Bonchev–Trinajstić information content (AvgIpc) is 1.85. The van der Waals surface area contributed by atoms with Crippen molar-refractivity contribution in [3.05, 3.63) is 0 Å². The maximum Gasteiger partial charge on any atom is 0.316 e. The number of alkyl halides is 1. The molecule has 0 amide bonds. The van der Waals surface area contributed by atoms with E-state index < -0.39 is 0 Å². The summed E-state index contributed by atoms with van der Waals surface area (Å²) in [6.45, 7) is 1.34. The van der Waals surface area contributed by atoms with Gasteiger partial charge in [0.1, 0.15) is 18.5 Å². The highest BCUT2D eigenvalue weighted by Crippen LogP contribution is 1.91. The summed E-state index contributed by atoms with van der Waals surface area (Å²) >= 11 is 3.02. The molecule has 74 valence electrons. The van der Waals surface area contributed by atoms with Crippen LogP contribution in [0.5, 0.6) is 0 Å². The van der Waals surface area contributed by atoms with Gasteiger partial charge in [0.2, 0.25) is 0 Å². The Morgan fingerprint density at radius 3 is 2.25 bits per heavy atom. The fourth-order valence-electron chi connectivity index (χ4n) is 0.472. The number of ether oxygens (including phenoxy) is 1. The molecule has 5 heteroatoms. The molecule has 0 aliphatic carbocycles. The van der Waals surface area contributed by atoms with Crippen molar-refractivity contribution in [2.24, 2.45) is 0 Å². The first-order valence-electron chi connectivity index (χ1n) is 3.48. The third kappa shape index (κ3) is 10.2. The van der Waals surface area contributed by atoms with Crippen LogP contribution in [0.3, 0.4) is 0 Å². The summed E-state index contributed by atoms with van der Waals surface area (Å²) in [6.07, 6.45) is 0. The zero-order valence-electron chi connectivity index (χ0n) is 7.64. The normalized spacial score (nSPS) is 10.3. The van der Waals surface area contributed by atoms with Crippen molar-refractivity contribution in [2.45, 2.75) is 0 Å². The molecule has 0 saturated heterocycles. The van der Waals surface area contributed by atoms with Gasteiger partial charge in [0.05, 0.1) is 21.1 Å². The number of likely N-dealkylation sites (N-methyl/N-ethyl adjacent to an activating group) is 1. The monoisotopic (exact) mass is 259 g/mol. The molecule has 0 fully saturated rings.